The van der Waals surface area contributed by atoms with Gasteiger partial charge in [-0.15, -0.1) is 12.4 Å². The van der Waals surface area contributed by atoms with E-state index in [9.17, 15) is 9.59 Å². The minimum absolute atomic E-state index is 0. The second-order valence-corrected chi connectivity index (χ2v) is 5.11. The SMILES string of the molecule is Cc1ccc(NC(=O)C(C)N(C)CCC(=O)O)c(C)c1.Cl. The van der Waals surface area contributed by atoms with E-state index in [4.69, 9.17) is 5.11 Å². The maximum Gasteiger partial charge on any atom is 0.304 e. The molecule has 1 unspecified atom stereocenters. The fourth-order valence-electron chi connectivity index (χ4n) is 1.86. The molecule has 118 valence electrons. The predicted octanol–water partition coefficient (Wildman–Crippen LogP) is 2.46. The normalized spacial score (nSPS) is 11.7. The van der Waals surface area contributed by atoms with E-state index in [-0.39, 0.29) is 30.8 Å². The zero-order chi connectivity index (χ0) is 15.3. The Bertz CT molecular complexity index is 506. The van der Waals surface area contributed by atoms with Crippen LogP contribution in [0.5, 0.6) is 0 Å². The Labute approximate surface area is 131 Å². The zero-order valence-electron chi connectivity index (χ0n) is 12.8. The van der Waals surface area contributed by atoms with Gasteiger partial charge in [0, 0.05) is 12.2 Å². The molecular formula is C15H23ClN2O3. The lowest BCUT2D eigenvalue weighted by molar-refractivity contribution is -0.137. The highest BCUT2D eigenvalue weighted by atomic mass is 35.5. The van der Waals surface area contributed by atoms with Crippen molar-refractivity contribution in [3.63, 3.8) is 0 Å². The summed E-state index contributed by atoms with van der Waals surface area (Å²) >= 11 is 0. The van der Waals surface area contributed by atoms with Gasteiger partial charge >= 0.3 is 5.97 Å². The minimum atomic E-state index is -0.862. The van der Waals surface area contributed by atoms with Crippen molar-refractivity contribution in [2.24, 2.45) is 0 Å². The third-order valence-corrected chi connectivity index (χ3v) is 3.36. The monoisotopic (exact) mass is 314 g/mol. The van der Waals surface area contributed by atoms with E-state index in [1.165, 1.54) is 0 Å². The van der Waals surface area contributed by atoms with Crippen LogP contribution in [0, 0.1) is 13.8 Å². The lowest BCUT2D eigenvalue weighted by atomic mass is 10.1. The minimum Gasteiger partial charge on any atom is -0.481 e. The quantitative estimate of drug-likeness (QED) is 0.846. The maximum atomic E-state index is 12.1. The second kappa shape index (κ2) is 8.64. The van der Waals surface area contributed by atoms with Crippen LogP contribution in [0.15, 0.2) is 18.2 Å². The highest BCUT2D eigenvalue weighted by molar-refractivity contribution is 5.95. The van der Waals surface area contributed by atoms with Crippen LogP contribution in [0.1, 0.15) is 24.5 Å². The van der Waals surface area contributed by atoms with E-state index in [0.717, 1.165) is 16.8 Å². The Morgan fingerprint density at radius 3 is 2.48 bits per heavy atom. The number of carbonyl (C=O) groups is 2. The number of aliphatic carboxylic acids is 1. The molecule has 1 aromatic rings. The Balaban J connectivity index is 0.00000400. The number of aryl methyl sites for hydroxylation is 2. The smallest absolute Gasteiger partial charge is 0.304 e. The fraction of sp³-hybridized carbons (Fsp3) is 0.467. The molecule has 1 atom stereocenters. The molecule has 5 nitrogen and oxygen atoms in total. The number of carboxylic acids is 1. The molecule has 0 radical (unpaired) electrons. The number of amides is 1. The van der Waals surface area contributed by atoms with E-state index in [1.807, 2.05) is 32.0 Å². The number of carbonyl (C=O) groups excluding carboxylic acids is 1. The molecule has 21 heavy (non-hydrogen) atoms. The molecule has 0 spiro atoms. The van der Waals surface area contributed by atoms with E-state index >= 15 is 0 Å². The molecule has 0 aliphatic rings. The molecule has 1 aromatic carbocycles. The standard InChI is InChI=1S/C15H22N2O3.ClH/c1-10-5-6-13(11(2)9-10)16-15(20)12(3)17(4)8-7-14(18)19;/h5-6,9,12H,7-8H2,1-4H3,(H,16,20)(H,18,19);1H. The Morgan fingerprint density at radius 2 is 1.95 bits per heavy atom. The summed E-state index contributed by atoms with van der Waals surface area (Å²) in [5, 5.41) is 11.5. The molecule has 0 saturated carbocycles. The number of nitrogens with zero attached hydrogens (tertiary/aromatic N) is 1. The molecule has 0 bridgehead atoms. The van der Waals surface area contributed by atoms with Crippen LogP contribution in [0.3, 0.4) is 0 Å². The average molecular weight is 315 g/mol. The number of anilines is 1. The van der Waals surface area contributed by atoms with Crippen molar-refractivity contribution < 1.29 is 14.7 Å². The summed E-state index contributed by atoms with van der Waals surface area (Å²) in [5.74, 6) is -0.997. The molecule has 1 amide bonds. The molecule has 0 aliphatic carbocycles. The first-order valence-electron chi connectivity index (χ1n) is 6.61. The summed E-state index contributed by atoms with van der Waals surface area (Å²) in [5.41, 5.74) is 2.95. The molecule has 0 fully saturated rings. The van der Waals surface area contributed by atoms with Crippen molar-refractivity contribution in [3.8, 4) is 0 Å². The van der Waals surface area contributed by atoms with E-state index < -0.39 is 5.97 Å². The van der Waals surface area contributed by atoms with Gasteiger partial charge in [-0.2, -0.15) is 0 Å². The fourth-order valence-corrected chi connectivity index (χ4v) is 1.86. The Hall–Kier alpha value is -1.59. The van der Waals surface area contributed by atoms with Crippen LogP contribution in [0.4, 0.5) is 5.69 Å². The van der Waals surface area contributed by atoms with Gasteiger partial charge in [0.1, 0.15) is 0 Å². The predicted molar refractivity (Wildman–Crippen MR) is 86.1 cm³/mol. The van der Waals surface area contributed by atoms with Gasteiger partial charge in [-0.1, -0.05) is 17.7 Å². The number of hydrogen-bond donors (Lipinski definition) is 2. The number of benzene rings is 1. The zero-order valence-corrected chi connectivity index (χ0v) is 13.7. The third-order valence-electron chi connectivity index (χ3n) is 3.36. The molecular weight excluding hydrogens is 292 g/mol. The number of halogens is 1. The summed E-state index contributed by atoms with van der Waals surface area (Å²) in [6.07, 6.45) is 0.0255. The van der Waals surface area contributed by atoms with Crippen molar-refractivity contribution in [1.29, 1.82) is 0 Å². The summed E-state index contributed by atoms with van der Waals surface area (Å²) in [6.45, 7) is 6.06. The number of carboxylic acid groups (broad SMARTS) is 1. The number of rotatable bonds is 6. The molecule has 1 rings (SSSR count). The largest absolute Gasteiger partial charge is 0.481 e. The summed E-state index contributed by atoms with van der Waals surface area (Å²) < 4.78 is 0. The second-order valence-electron chi connectivity index (χ2n) is 5.11. The third kappa shape index (κ3) is 6.14. The number of likely N-dealkylation sites (N-methyl/N-ethyl adjacent to an activating group) is 1. The Morgan fingerprint density at radius 1 is 1.33 bits per heavy atom. The van der Waals surface area contributed by atoms with Gasteiger partial charge in [-0.25, -0.2) is 0 Å². The number of hydrogen-bond acceptors (Lipinski definition) is 3. The first kappa shape index (κ1) is 19.4. The van der Waals surface area contributed by atoms with Gasteiger partial charge in [0.25, 0.3) is 0 Å². The highest BCUT2D eigenvalue weighted by Gasteiger charge is 2.19. The summed E-state index contributed by atoms with van der Waals surface area (Å²) in [4.78, 5) is 24.4. The van der Waals surface area contributed by atoms with Gasteiger partial charge in [0.2, 0.25) is 5.91 Å². The van der Waals surface area contributed by atoms with Crippen LogP contribution in [0.2, 0.25) is 0 Å². The highest BCUT2D eigenvalue weighted by Crippen LogP contribution is 2.16. The van der Waals surface area contributed by atoms with Crippen molar-refractivity contribution in [2.75, 3.05) is 18.9 Å². The lowest BCUT2D eigenvalue weighted by Crippen LogP contribution is -2.40. The molecule has 0 saturated heterocycles. The molecule has 0 aliphatic heterocycles. The Kier molecular flexibility index (Phi) is 7.99. The summed E-state index contributed by atoms with van der Waals surface area (Å²) in [7, 11) is 1.75. The van der Waals surface area contributed by atoms with Crippen LogP contribution < -0.4 is 5.32 Å². The topological polar surface area (TPSA) is 69.6 Å². The van der Waals surface area contributed by atoms with Gasteiger partial charge in [-0.05, 0) is 39.4 Å². The lowest BCUT2D eigenvalue weighted by Gasteiger charge is -2.23. The first-order chi connectivity index (χ1) is 9.31. The maximum absolute atomic E-state index is 12.1. The van der Waals surface area contributed by atoms with Crippen molar-refractivity contribution >= 4 is 30.0 Å². The van der Waals surface area contributed by atoms with Crippen LogP contribution in [-0.4, -0.2) is 41.5 Å². The van der Waals surface area contributed by atoms with Gasteiger partial charge in [0.15, 0.2) is 0 Å². The van der Waals surface area contributed by atoms with Gasteiger partial charge in [0.05, 0.1) is 12.5 Å². The van der Waals surface area contributed by atoms with Crippen molar-refractivity contribution in [3.05, 3.63) is 29.3 Å². The van der Waals surface area contributed by atoms with Crippen LogP contribution >= 0.6 is 12.4 Å². The van der Waals surface area contributed by atoms with Gasteiger partial charge in [-0.3, -0.25) is 14.5 Å². The number of nitrogens with one attached hydrogen (secondary N) is 1. The van der Waals surface area contributed by atoms with Crippen molar-refractivity contribution in [1.82, 2.24) is 4.90 Å². The molecule has 0 aromatic heterocycles. The average Bonchev–Trinajstić information content (AvgIpc) is 2.38. The summed E-state index contributed by atoms with van der Waals surface area (Å²) in [6, 6.07) is 5.46. The molecule has 0 heterocycles. The van der Waals surface area contributed by atoms with E-state index in [0.29, 0.717) is 6.54 Å². The molecule has 6 heteroatoms. The van der Waals surface area contributed by atoms with E-state index in [1.54, 1.807) is 18.9 Å². The van der Waals surface area contributed by atoms with E-state index in [2.05, 4.69) is 5.32 Å². The first-order valence-corrected chi connectivity index (χ1v) is 6.61. The van der Waals surface area contributed by atoms with Crippen molar-refractivity contribution in [2.45, 2.75) is 33.2 Å². The molecule has 2 N–H and O–H groups in total. The van der Waals surface area contributed by atoms with Crippen LogP contribution in [-0.2, 0) is 9.59 Å². The van der Waals surface area contributed by atoms with Crippen LogP contribution in [0.25, 0.3) is 0 Å². The van der Waals surface area contributed by atoms with Gasteiger partial charge < -0.3 is 10.4 Å².